The van der Waals surface area contributed by atoms with Gasteiger partial charge in [-0.2, -0.15) is 0 Å². The zero-order valence-electron chi connectivity index (χ0n) is 11.0. The zero-order valence-corrected chi connectivity index (χ0v) is 11.8. The molecule has 2 rings (SSSR count). The van der Waals surface area contributed by atoms with Gasteiger partial charge in [0.05, 0.1) is 0 Å². The monoisotopic (exact) mass is 262 g/mol. The van der Waals surface area contributed by atoms with Crippen molar-refractivity contribution in [1.29, 1.82) is 0 Å². The molecule has 1 aromatic rings. The molecule has 2 unspecified atom stereocenters. The van der Waals surface area contributed by atoms with E-state index in [0.717, 1.165) is 17.6 Å². The molecule has 98 valence electrons. The number of rotatable bonds is 3. The minimum Gasteiger partial charge on any atom is -0.360 e. The lowest BCUT2D eigenvalue weighted by Crippen LogP contribution is -2.45. The number of benzene rings is 1. The molecule has 0 bridgehead atoms. The zero-order chi connectivity index (χ0) is 12.8. The summed E-state index contributed by atoms with van der Waals surface area (Å²) in [7, 11) is 0. The Morgan fingerprint density at radius 1 is 1.22 bits per heavy atom. The smallest absolute Gasteiger partial charge is 0.166 e. The van der Waals surface area contributed by atoms with Crippen molar-refractivity contribution in [1.82, 2.24) is 10.6 Å². The highest BCUT2D eigenvalue weighted by Crippen LogP contribution is 2.23. The van der Waals surface area contributed by atoms with Gasteiger partial charge in [-0.25, -0.2) is 0 Å². The van der Waals surface area contributed by atoms with E-state index in [1.54, 1.807) is 0 Å². The summed E-state index contributed by atoms with van der Waals surface area (Å²) in [5.41, 5.74) is 1.26. The minimum absolute atomic E-state index is 0.550. The van der Waals surface area contributed by atoms with Crippen LogP contribution in [-0.2, 0) is 6.54 Å². The molecule has 0 aromatic heterocycles. The van der Waals surface area contributed by atoms with E-state index >= 15 is 0 Å². The lowest BCUT2D eigenvalue weighted by molar-refractivity contribution is 0.308. The molecule has 2 nitrogen and oxygen atoms in total. The molecule has 0 spiro atoms. The fraction of sp³-hybridized carbons (Fsp3) is 0.533. The van der Waals surface area contributed by atoms with E-state index in [4.69, 9.17) is 12.2 Å². The highest BCUT2D eigenvalue weighted by atomic mass is 32.1. The van der Waals surface area contributed by atoms with Crippen LogP contribution in [0, 0.1) is 5.92 Å². The third-order valence-corrected chi connectivity index (χ3v) is 3.99. The molecular formula is C15H22N2S. The molecule has 1 aliphatic rings. The van der Waals surface area contributed by atoms with Crippen LogP contribution < -0.4 is 10.6 Å². The van der Waals surface area contributed by atoms with Gasteiger partial charge in [-0.15, -0.1) is 0 Å². The molecule has 0 saturated heterocycles. The molecule has 0 amide bonds. The molecule has 3 heteroatoms. The van der Waals surface area contributed by atoms with Crippen molar-refractivity contribution < 1.29 is 0 Å². The van der Waals surface area contributed by atoms with Crippen molar-refractivity contribution in [3.05, 3.63) is 35.9 Å². The Morgan fingerprint density at radius 2 is 1.94 bits per heavy atom. The number of thiocarbonyl (C=S) groups is 1. The van der Waals surface area contributed by atoms with E-state index in [9.17, 15) is 0 Å². The van der Waals surface area contributed by atoms with Gasteiger partial charge in [0.1, 0.15) is 0 Å². The van der Waals surface area contributed by atoms with E-state index < -0.39 is 0 Å². The van der Waals surface area contributed by atoms with Crippen LogP contribution in [0.2, 0.25) is 0 Å². The highest BCUT2D eigenvalue weighted by molar-refractivity contribution is 7.80. The van der Waals surface area contributed by atoms with Gasteiger partial charge in [0.25, 0.3) is 0 Å². The quantitative estimate of drug-likeness (QED) is 0.818. The van der Waals surface area contributed by atoms with Gasteiger partial charge in [-0.1, -0.05) is 50.1 Å². The first-order valence-corrected chi connectivity index (χ1v) is 7.25. The Bertz CT molecular complexity index is 377. The summed E-state index contributed by atoms with van der Waals surface area (Å²) < 4.78 is 0. The van der Waals surface area contributed by atoms with Crippen molar-refractivity contribution in [2.75, 3.05) is 0 Å². The summed E-state index contributed by atoms with van der Waals surface area (Å²) in [5, 5.41) is 7.54. The second kappa shape index (κ2) is 6.74. The molecule has 2 N–H and O–H groups in total. The van der Waals surface area contributed by atoms with Crippen molar-refractivity contribution in [3.8, 4) is 0 Å². The van der Waals surface area contributed by atoms with Gasteiger partial charge in [-0.05, 0) is 36.5 Å². The van der Waals surface area contributed by atoms with Gasteiger partial charge in [0.2, 0.25) is 0 Å². The molecule has 1 fully saturated rings. The Kier molecular flexibility index (Phi) is 5.00. The minimum atomic E-state index is 0.550. The van der Waals surface area contributed by atoms with Crippen LogP contribution in [0.15, 0.2) is 30.3 Å². The van der Waals surface area contributed by atoms with Crippen LogP contribution in [0.3, 0.4) is 0 Å². The Morgan fingerprint density at radius 3 is 2.67 bits per heavy atom. The maximum Gasteiger partial charge on any atom is 0.166 e. The van der Waals surface area contributed by atoms with Crippen LogP contribution in [0.5, 0.6) is 0 Å². The lowest BCUT2D eigenvalue weighted by atomic mass is 9.86. The summed E-state index contributed by atoms with van der Waals surface area (Å²) >= 11 is 5.36. The number of hydrogen-bond donors (Lipinski definition) is 2. The van der Waals surface area contributed by atoms with Crippen molar-refractivity contribution in [3.63, 3.8) is 0 Å². The Balaban J connectivity index is 1.75. The molecule has 0 aliphatic heterocycles. The summed E-state index contributed by atoms with van der Waals surface area (Å²) in [5.74, 6) is 0.732. The fourth-order valence-electron chi connectivity index (χ4n) is 2.53. The van der Waals surface area contributed by atoms with Gasteiger partial charge >= 0.3 is 0 Å². The molecule has 0 heterocycles. The topological polar surface area (TPSA) is 24.1 Å². The van der Waals surface area contributed by atoms with Gasteiger partial charge in [0.15, 0.2) is 5.11 Å². The number of nitrogens with one attached hydrogen (secondary N) is 2. The normalized spacial score (nSPS) is 23.4. The summed E-state index contributed by atoms with van der Waals surface area (Å²) in [6, 6.07) is 10.9. The summed E-state index contributed by atoms with van der Waals surface area (Å²) in [4.78, 5) is 0. The van der Waals surface area contributed by atoms with Crippen molar-refractivity contribution in [2.24, 2.45) is 5.92 Å². The van der Waals surface area contributed by atoms with Crippen LogP contribution in [0.1, 0.15) is 38.2 Å². The van der Waals surface area contributed by atoms with Crippen LogP contribution in [0.25, 0.3) is 0 Å². The van der Waals surface area contributed by atoms with Crippen LogP contribution >= 0.6 is 12.2 Å². The number of hydrogen-bond acceptors (Lipinski definition) is 1. The van der Waals surface area contributed by atoms with E-state index in [0.29, 0.717) is 6.04 Å². The predicted molar refractivity (Wildman–Crippen MR) is 80.4 cm³/mol. The molecular weight excluding hydrogens is 240 g/mol. The van der Waals surface area contributed by atoms with Crippen LogP contribution in [0.4, 0.5) is 0 Å². The highest BCUT2D eigenvalue weighted by Gasteiger charge is 2.21. The average Bonchev–Trinajstić information content (AvgIpc) is 2.40. The van der Waals surface area contributed by atoms with E-state index in [1.165, 1.54) is 31.2 Å². The lowest BCUT2D eigenvalue weighted by Gasteiger charge is -2.30. The second-order valence-corrected chi connectivity index (χ2v) is 5.59. The molecule has 1 aromatic carbocycles. The second-order valence-electron chi connectivity index (χ2n) is 5.18. The molecule has 18 heavy (non-hydrogen) atoms. The van der Waals surface area contributed by atoms with Crippen LogP contribution in [-0.4, -0.2) is 11.2 Å². The third-order valence-electron chi connectivity index (χ3n) is 3.72. The van der Waals surface area contributed by atoms with Gasteiger partial charge in [0, 0.05) is 12.6 Å². The maximum absolute atomic E-state index is 5.36. The van der Waals surface area contributed by atoms with E-state index in [1.807, 2.05) is 6.07 Å². The van der Waals surface area contributed by atoms with E-state index in [2.05, 4.69) is 41.8 Å². The third kappa shape index (κ3) is 3.98. The Labute approximate surface area is 115 Å². The fourth-order valence-corrected chi connectivity index (χ4v) is 2.75. The first-order valence-electron chi connectivity index (χ1n) is 6.84. The van der Waals surface area contributed by atoms with E-state index in [-0.39, 0.29) is 0 Å². The molecule has 1 saturated carbocycles. The SMILES string of the molecule is CC1CCCCC1NC(=S)NCc1ccccc1. The molecule has 0 radical (unpaired) electrons. The molecule has 2 atom stereocenters. The average molecular weight is 262 g/mol. The maximum atomic E-state index is 5.36. The van der Waals surface area contributed by atoms with Gasteiger partial charge in [-0.3, -0.25) is 0 Å². The summed E-state index contributed by atoms with van der Waals surface area (Å²) in [6.45, 7) is 3.12. The first kappa shape index (κ1) is 13.3. The summed E-state index contributed by atoms with van der Waals surface area (Å²) in [6.07, 6.45) is 5.25. The standard InChI is InChI=1S/C15H22N2S/c1-12-7-5-6-10-14(12)17-15(18)16-11-13-8-3-2-4-9-13/h2-4,8-9,12,14H,5-7,10-11H2,1H3,(H2,16,17,18). The molecule has 1 aliphatic carbocycles. The first-order chi connectivity index (χ1) is 8.75. The largest absolute Gasteiger partial charge is 0.360 e. The van der Waals surface area contributed by atoms with Crippen molar-refractivity contribution in [2.45, 2.75) is 45.2 Å². The Hall–Kier alpha value is -1.09. The van der Waals surface area contributed by atoms with Gasteiger partial charge < -0.3 is 10.6 Å². The predicted octanol–water partition coefficient (Wildman–Crippen LogP) is 3.23. The van der Waals surface area contributed by atoms with Crippen molar-refractivity contribution >= 4 is 17.3 Å².